The van der Waals surface area contributed by atoms with Gasteiger partial charge in [-0.1, -0.05) is 43.1 Å². The number of carbonyl (C=O) groups is 1. The molecule has 0 spiro atoms. The van der Waals surface area contributed by atoms with Crippen molar-refractivity contribution in [3.63, 3.8) is 0 Å². The number of carbonyl (C=O) groups excluding carboxylic acids is 1. The summed E-state index contributed by atoms with van der Waals surface area (Å²) in [6.45, 7) is 4.13. The van der Waals surface area contributed by atoms with Crippen LogP contribution in [-0.4, -0.2) is 39.6 Å². The number of methoxy groups -OCH3 is 2. The number of fused-ring (bicyclic) bond motifs is 3. The van der Waals surface area contributed by atoms with E-state index in [0.717, 1.165) is 5.56 Å². The van der Waals surface area contributed by atoms with Gasteiger partial charge in [0.15, 0.2) is 28.8 Å². The molecule has 194 valence electrons. The van der Waals surface area contributed by atoms with E-state index < -0.39 is 5.92 Å². The van der Waals surface area contributed by atoms with Crippen molar-refractivity contribution >= 4 is 34.6 Å². The summed E-state index contributed by atoms with van der Waals surface area (Å²) < 4.78 is 19.0. The van der Waals surface area contributed by atoms with Gasteiger partial charge in [-0.15, -0.1) is 5.10 Å². The van der Waals surface area contributed by atoms with Crippen LogP contribution in [0.25, 0.3) is 17.0 Å². The summed E-state index contributed by atoms with van der Waals surface area (Å²) >= 11 is 12.6. The van der Waals surface area contributed by atoms with Crippen molar-refractivity contribution < 1.29 is 19.0 Å². The SMILES string of the molecule is COc1ccc([C@H]2C3=C(CC(C)(C)CC3=O)Oc3ncn4nc(-c5ccc(Cl)cc5Cl)nc4c32)cc1OC. The van der Waals surface area contributed by atoms with Gasteiger partial charge in [0.25, 0.3) is 0 Å². The molecule has 0 saturated heterocycles. The van der Waals surface area contributed by atoms with E-state index in [0.29, 0.717) is 74.2 Å². The van der Waals surface area contributed by atoms with Gasteiger partial charge in [0.1, 0.15) is 12.1 Å². The van der Waals surface area contributed by atoms with Crippen LogP contribution in [0.3, 0.4) is 0 Å². The maximum Gasteiger partial charge on any atom is 0.228 e. The molecule has 1 atom stereocenters. The Kier molecular flexibility index (Phi) is 5.85. The molecule has 0 unspecified atom stereocenters. The standard InChI is InChI=1S/C28H24Cl2N4O4/c1-28(2)11-18(35)23-21(12-28)38-27-24(22(23)14-5-8-19(36-3)20(9-14)37-4)26-32-25(33-34(26)13-31-27)16-7-6-15(29)10-17(16)30/h5-10,13,22H,11-12H2,1-4H3/t22-/m0/s1. The Hall–Kier alpha value is -3.62. The van der Waals surface area contributed by atoms with Crippen molar-refractivity contribution in [1.29, 1.82) is 0 Å². The quantitative estimate of drug-likeness (QED) is 0.295. The van der Waals surface area contributed by atoms with Gasteiger partial charge in [0.05, 0.1) is 30.7 Å². The van der Waals surface area contributed by atoms with Crippen molar-refractivity contribution in [2.75, 3.05) is 14.2 Å². The zero-order valence-electron chi connectivity index (χ0n) is 21.2. The van der Waals surface area contributed by atoms with Crippen molar-refractivity contribution in [3.8, 4) is 28.8 Å². The zero-order valence-corrected chi connectivity index (χ0v) is 22.7. The molecule has 0 fully saturated rings. The van der Waals surface area contributed by atoms with E-state index in [1.165, 1.54) is 0 Å². The van der Waals surface area contributed by atoms with Crippen LogP contribution in [0.1, 0.15) is 43.7 Å². The predicted octanol–water partition coefficient (Wildman–Crippen LogP) is 6.28. The third-order valence-corrected chi connectivity index (χ3v) is 7.52. The summed E-state index contributed by atoms with van der Waals surface area (Å²) in [5.41, 5.74) is 3.00. The molecule has 2 aliphatic rings. The molecule has 0 radical (unpaired) electrons. The Balaban J connectivity index is 1.61. The Morgan fingerprint density at radius 1 is 1.05 bits per heavy atom. The normalized spacial score (nSPS) is 18.2. The number of hydrogen-bond acceptors (Lipinski definition) is 7. The van der Waals surface area contributed by atoms with Crippen LogP contribution >= 0.6 is 23.2 Å². The first kappa shape index (κ1) is 24.7. The number of benzene rings is 2. The molecule has 1 aliphatic carbocycles. The van der Waals surface area contributed by atoms with Gasteiger partial charge < -0.3 is 14.2 Å². The fraction of sp³-hybridized carbons (Fsp3) is 0.286. The van der Waals surface area contributed by atoms with E-state index in [9.17, 15) is 4.79 Å². The first-order chi connectivity index (χ1) is 18.2. The van der Waals surface area contributed by atoms with E-state index in [4.69, 9.17) is 42.4 Å². The highest BCUT2D eigenvalue weighted by Crippen LogP contribution is 2.51. The second-order valence-electron chi connectivity index (χ2n) is 10.2. The van der Waals surface area contributed by atoms with Gasteiger partial charge in [-0.3, -0.25) is 4.79 Å². The highest BCUT2D eigenvalue weighted by Gasteiger charge is 2.44. The predicted molar refractivity (Wildman–Crippen MR) is 143 cm³/mol. The molecule has 1 aliphatic heterocycles. The Morgan fingerprint density at radius 3 is 2.58 bits per heavy atom. The third kappa shape index (κ3) is 3.99. The number of hydrogen-bond donors (Lipinski definition) is 0. The van der Waals surface area contributed by atoms with Gasteiger partial charge in [-0.25, -0.2) is 14.5 Å². The molecule has 10 heteroatoms. The number of ether oxygens (including phenoxy) is 3. The van der Waals surface area contributed by atoms with E-state index in [2.05, 4.69) is 23.9 Å². The van der Waals surface area contributed by atoms with Gasteiger partial charge in [-0.2, -0.15) is 0 Å². The van der Waals surface area contributed by atoms with Crippen LogP contribution in [0, 0.1) is 5.41 Å². The smallest absolute Gasteiger partial charge is 0.228 e. The third-order valence-electron chi connectivity index (χ3n) is 6.98. The van der Waals surface area contributed by atoms with Gasteiger partial charge in [-0.05, 0) is 41.3 Å². The summed E-state index contributed by atoms with van der Waals surface area (Å²) in [6, 6.07) is 10.8. The number of allylic oxidation sites excluding steroid dienone is 2. The largest absolute Gasteiger partial charge is 0.493 e. The molecule has 6 rings (SSSR count). The van der Waals surface area contributed by atoms with Crippen LogP contribution in [-0.2, 0) is 4.79 Å². The Labute approximate surface area is 229 Å². The molecule has 8 nitrogen and oxygen atoms in total. The monoisotopic (exact) mass is 550 g/mol. The first-order valence-corrected chi connectivity index (χ1v) is 12.8. The molecule has 38 heavy (non-hydrogen) atoms. The lowest BCUT2D eigenvalue weighted by Gasteiger charge is -2.37. The average Bonchev–Trinajstić information content (AvgIpc) is 3.30. The molecular weight excluding hydrogens is 527 g/mol. The lowest BCUT2D eigenvalue weighted by molar-refractivity contribution is -0.118. The topological polar surface area (TPSA) is 87.8 Å². The van der Waals surface area contributed by atoms with E-state index in [1.54, 1.807) is 43.3 Å². The van der Waals surface area contributed by atoms with Crippen molar-refractivity contribution in [3.05, 3.63) is 75.2 Å². The first-order valence-electron chi connectivity index (χ1n) is 12.1. The molecule has 4 aromatic rings. The number of ketones is 1. The average molecular weight is 551 g/mol. The Morgan fingerprint density at radius 2 is 1.84 bits per heavy atom. The molecule has 0 bridgehead atoms. The minimum atomic E-state index is -0.494. The van der Waals surface area contributed by atoms with E-state index >= 15 is 0 Å². The van der Waals surface area contributed by atoms with Crippen LogP contribution < -0.4 is 14.2 Å². The molecule has 2 aromatic heterocycles. The second kappa shape index (κ2) is 8.99. The van der Waals surface area contributed by atoms with Gasteiger partial charge in [0.2, 0.25) is 5.88 Å². The fourth-order valence-electron chi connectivity index (χ4n) is 5.30. The lowest BCUT2D eigenvalue weighted by Crippen LogP contribution is -2.33. The summed E-state index contributed by atoms with van der Waals surface area (Å²) in [6.07, 6.45) is 2.58. The summed E-state index contributed by atoms with van der Waals surface area (Å²) in [5.74, 6) is 2.11. The van der Waals surface area contributed by atoms with Crippen molar-refractivity contribution in [2.24, 2.45) is 5.41 Å². The van der Waals surface area contributed by atoms with Crippen LogP contribution in [0.5, 0.6) is 17.4 Å². The maximum atomic E-state index is 13.7. The number of rotatable bonds is 4. The number of aromatic nitrogens is 4. The fourth-order valence-corrected chi connectivity index (χ4v) is 5.79. The van der Waals surface area contributed by atoms with Crippen LogP contribution in [0.15, 0.2) is 54.1 Å². The van der Waals surface area contributed by atoms with E-state index in [-0.39, 0.29) is 11.2 Å². The number of halogens is 2. The van der Waals surface area contributed by atoms with Gasteiger partial charge >= 0.3 is 0 Å². The van der Waals surface area contributed by atoms with Gasteiger partial charge in [0, 0.05) is 29.0 Å². The highest BCUT2D eigenvalue weighted by atomic mass is 35.5. The molecule has 0 saturated carbocycles. The van der Waals surface area contributed by atoms with Crippen LogP contribution in [0.2, 0.25) is 10.0 Å². The summed E-state index contributed by atoms with van der Waals surface area (Å²) in [4.78, 5) is 23.1. The minimum absolute atomic E-state index is 0.0316. The number of Topliss-reactive ketones (excluding diaryl/α,β-unsaturated/α-hetero) is 1. The maximum absolute atomic E-state index is 13.7. The second-order valence-corrected chi connectivity index (χ2v) is 11.1. The minimum Gasteiger partial charge on any atom is -0.493 e. The lowest BCUT2D eigenvalue weighted by atomic mass is 9.70. The molecule has 3 heterocycles. The molecule has 0 N–H and O–H groups in total. The number of nitrogens with zero attached hydrogens (tertiary/aromatic N) is 4. The van der Waals surface area contributed by atoms with Crippen LogP contribution in [0.4, 0.5) is 0 Å². The van der Waals surface area contributed by atoms with Crippen molar-refractivity contribution in [1.82, 2.24) is 19.6 Å². The zero-order chi connectivity index (χ0) is 26.8. The highest BCUT2D eigenvalue weighted by molar-refractivity contribution is 6.36. The molecule has 2 aromatic carbocycles. The molecule has 0 amide bonds. The van der Waals surface area contributed by atoms with Crippen molar-refractivity contribution in [2.45, 2.75) is 32.6 Å². The summed E-state index contributed by atoms with van der Waals surface area (Å²) in [7, 11) is 3.17. The molecular formula is C28H24Cl2N4O4. The van der Waals surface area contributed by atoms with E-state index in [1.807, 2.05) is 18.2 Å². The summed E-state index contributed by atoms with van der Waals surface area (Å²) in [5, 5.41) is 5.58. The Bertz CT molecular complexity index is 1660.